The molecule has 1 aromatic heterocycles. The SMILES string of the molecule is Cc1ccc(-n2cc(-c3ccccc3)c(CC(=O)Cl)n2)cc1. The fourth-order valence-corrected chi connectivity index (χ4v) is 2.49. The molecule has 0 atom stereocenters. The van der Waals surface area contributed by atoms with E-state index in [0.717, 1.165) is 16.8 Å². The first kappa shape index (κ1) is 14.5. The molecule has 1 heterocycles. The number of carbonyl (C=O) groups is 1. The zero-order chi connectivity index (χ0) is 15.5. The van der Waals surface area contributed by atoms with Crippen LogP contribution in [0.3, 0.4) is 0 Å². The molecule has 3 nitrogen and oxygen atoms in total. The van der Waals surface area contributed by atoms with Crippen molar-refractivity contribution >= 4 is 16.8 Å². The summed E-state index contributed by atoms with van der Waals surface area (Å²) in [5.41, 5.74) is 4.78. The van der Waals surface area contributed by atoms with E-state index in [9.17, 15) is 4.79 Å². The molecule has 0 N–H and O–H groups in total. The first-order valence-corrected chi connectivity index (χ1v) is 7.40. The Hall–Kier alpha value is -2.39. The van der Waals surface area contributed by atoms with Gasteiger partial charge in [0.05, 0.1) is 17.8 Å². The first-order valence-electron chi connectivity index (χ1n) is 7.03. The van der Waals surface area contributed by atoms with Crippen LogP contribution in [-0.2, 0) is 11.2 Å². The molecule has 2 aromatic carbocycles. The molecule has 3 aromatic rings. The van der Waals surface area contributed by atoms with Gasteiger partial charge in [0, 0.05) is 11.8 Å². The summed E-state index contributed by atoms with van der Waals surface area (Å²) >= 11 is 5.56. The molecule has 4 heteroatoms. The maximum atomic E-state index is 11.3. The molecule has 110 valence electrons. The van der Waals surface area contributed by atoms with E-state index < -0.39 is 5.24 Å². The molecule has 0 bridgehead atoms. The van der Waals surface area contributed by atoms with Crippen molar-refractivity contribution in [2.45, 2.75) is 13.3 Å². The van der Waals surface area contributed by atoms with Gasteiger partial charge in [0.25, 0.3) is 0 Å². The number of aryl methyl sites for hydroxylation is 1. The highest BCUT2D eigenvalue weighted by molar-refractivity contribution is 6.63. The van der Waals surface area contributed by atoms with Crippen LogP contribution < -0.4 is 0 Å². The molecule has 0 saturated carbocycles. The van der Waals surface area contributed by atoms with E-state index >= 15 is 0 Å². The summed E-state index contributed by atoms with van der Waals surface area (Å²) < 4.78 is 1.79. The van der Waals surface area contributed by atoms with E-state index in [1.54, 1.807) is 4.68 Å². The molecule has 0 aliphatic heterocycles. The minimum absolute atomic E-state index is 0.116. The molecule has 0 fully saturated rings. The zero-order valence-electron chi connectivity index (χ0n) is 12.2. The van der Waals surface area contributed by atoms with Crippen molar-refractivity contribution in [3.05, 3.63) is 72.1 Å². The monoisotopic (exact) mass is 310 g/mol. The van der Waals surface area contributed by atoms with E-state index in [2.05, 4.69) is 5.10 Å². The fraction of sp³-hybridized carbons (Fsp3) is 0.111. The minimum Gasteiger partial charge on any atom is -0.281 e. The van der Waals surface area contributed by atoms with Gasteiger partial charge in [0.15, 0.2) is 0 Å². The molecule has 0 unspecified atom stereocenters. The molecule has 0 aliphatic rings. The number of hydrogen-bond acceptors (Lipinski definition) is 2. The van der Waals surface area contributed by atoms with Gasteiger partial charge in [-0.1, -0.05) is 48.0 Å². The molecule has 0 amide bonds. The van der Waals surface area contributed by atoms with Crippen LogP contribution in [0.2, 0.25) is 0 Å². The van der Waals surface area contributed by atoms with E-state index in [4.69, 9.17) is 11.6 Å². The lowest BCUT2D eigenvalue weighted by molar-refractivity contribution is -0.111. The molecule has 3 rings (SSSR count). The van der Waals surface area contributed by atoms with Gasteiger partial charge >= 0.3 is 0 Å². The van der Waals surface area contributed by atoms with Crippen LogP contribution in [0.15, 0.2) is 60.8 Å². The van der Waals surface area contributed by atoms with E-state index in [1.165, 1.54) is 5.56 Å². The smallest absolute Gasteiger partial charge is 0.227 e. The Labute approximate surface area is 134 Å². The fourth-order valence-electron chi connectivity index (χ4n) is 2.36. The van der Waals surface area contributed by atoms with Crippen LogP contribution in [0.4, 0.5) is 0 Å². The number of carbonyl (C=O) groups excluding carboxylic acids is 1. The second kappa shape index (κ2) is 6.16. The number of hydrogen-bond donors (Lipinski definition) is 0. The van der Waals surface area contributed by atoms with Gasteiger partial charge in [-0.15, -0.1) is 0 Å². The predicted molar refractivity (Wildman–Crippen MR) is 88.3 cm³/mol. The predicted octanol–water partition coefficient (Wildman–Crippen LogP) is 4.16. The third-order valence-electron chi connectivity index (χ3n) is 3.48. The van der Waals surface area contributed by atoms with Crippen molar-refractivity contribution < 1.29 is 4.79 Å². The topological polar surface area (TPSA) is 34.9 Å². The number of aromatic nitrogens is 2. The molecule has 0 aliphatic carbocycles. The highest BCUT2D eigenvalue weighted by Crippen LogP contribution is 2.25. The van der Waals surface area contributed by atoms with Crippen molar-refractivity contribution in [2.75, 3.05) is 0 Å². The summed E-state index contributed by atoms with van der Waals surface area (Å²) in [6.07, 6.45) is 2.06. The van der Waals surface area contributed by atoms with Gasteiger partial charge < -0.3 is 0 Å². The van der Waals surface area contributed by atoms with Gasteiger partial charge in [-0.05, 0) is 36.2 Å². The summed E-state index contributed by atoms with van der Waals surface area (Å²) in [7, 11) is 0. The van der Waals surface area contributed by atoms with E-state index in [1.807, 2.05) is 67.7 Å². The maximum absolute atomic E-state index is 11.3. The van der Waals surface area contributed by atoms with Crippen molar-refractivity contribution in [3.8, 4) is 16.8 Å². The third-order valence-corrected chi connectivity index (χ3v) is 3.61. The van der Waals surface area contributed by atoms with Gasteiger partial charge in [0.2, 0.25) is 5.24 Å². The van der Waals surface area contributed by atoms with Crippen LogP contribution in [0.5, 0.6) is 0 Å². The van der Waals surface area contributed by atoms with E-state index in [-0.39, 0.29) is 6.42 Å². The quantitative estimate of drug-likeness (QED) is 0.678. The second-order valence-electron chi connectivity index (χ2n) is 5.17. The highest BCUT2D eigenvalue weighted by Gasteiger charge is 2.14. The summed E-state index contributed by atoms with van der Waals surface area (Å²) in [4.78, 5) is 11.3. The average molecular weight is 311 g/mol. The average Bonchev–Trinajstić information content (AvgIpc) is 2.92. The second-order valence-corrected chi connectivity index (χ2v) is 5.59. The largest absolute Gasteiger partial charge is 0.281 e. The van der Waals surface area contributed by atoms with Crippen molar-refractivity contribution in [2.24, 2.45) is 0 Å². The third kappa shape index (κ3) is 3.10. The lowest BCUT2D eigenvalue weighted by atomic mass is 10.1. The van der Waals surface area contributed by atoms with Crippen molar-refractivity contribution in [1.29, 1.82) is 0 Å². The lowest BCUT2D eigenvalue weighted by Gasteiger charge is -2.01. The summed E-state index contributed by atoms with van der Waals surface area (Å²) in [6.45, 7) is 2.04. The van der Waals surface area contributed by atoms with Crippen molar-refractivity contribution in [1.82, 2.24) is 9.78 Å². The van der Waals surface area contributed by atoms with Crippen LogP contribution in [0.25, 0.3) is 16.8 Å². The summed E-state index contributed by atoms with van der Waals surface area (Å²) in [5, 5.41) is 4.13. The van der Waals surface area contributed by atoms with Crippen LogP contribution in [-0.4, -0.2) is 15.0 Å². The van der Waals surface area contributed by atoms with Gasteiger partial charge in [-0.25, -0.2) is 4.68 Å². The molecular formula is C18H15ClN2O. The van der Waals surface area contributed by atoms with E-state index in [0.29, 0.717) is 5.69 Å². The lowest BCUT2D eigenvalue weighted by Crippen LogP contribution is -1.99. The number of rotatable bonds is 4. The highest BCUT2D eigenvalue weighted by atomic mass is 35.5. The maximum Gasteiger partial charge on any atom is 0.227 e. The van der Waals surface area contributed by atoms with Gasteiger partial charge in [0.1, 0.15) is 0 Å². The Morgan fingerprint density at radius 1 is 1.09 bits per heavy atom. The van der Waals surface area contributed by atoms with Gasteiger partial charge in [-0.2, -0.15) is 5.10 Å². The van der Waals surface area contributed by atoms with Crippen LogP contribution >= 0.6 is 11.6 Å². The molecular weight excluding hydrogens is 296 g/mol. The van der Waals surface area contributed by atoms with Gasteiger partial charge in [-0.3, -0.25) is 4.79 Å². The van der Waals surface area contributed by atoms with Crippen molar-refractivity contribution in [3.63, 3.8) is 0 Å². The molecule has 0 saturated heterocycles. The summed E-state index contributed by atoms with van der Waals surface area (Å²) in [6, 6.07) is 18.0. The zero-order valence-corrected chi connectivity index (χ0v) is 12.9. The molecule has 0 spiro atoms. The number of benzene rings is 2. The Kier molecular flexibility index (Phi) is 4.07. The van der Waals surface area contributed by atoms with Crippen LogP contribution in [0.1, 0.15) is 11.3 Å². The Morgan fingerprint density at radius 2 is 1.77 bits per heavy atom. The Bertz CT molecular complexity index is 792. The number of nitrogens with zero attached hydrogens (tertiary/aromatic N) is 2. The van der Waals surface area contributed by atoms with Crippen LogP contribution in [0, 0.1) is 6.92 Å². The minimum atomic E-state index is -0.411. The summed E-state index contributed by atoms with van der Waals surface area (Å²) in [5.74, 6) is 0. The molecule has 22 heavy (non-hydrogen) atoms. The molecule has 0 radical (unpaired) electrons. The standard InChI is InChI=1S/C18H15ClN2O/c1-13-7-9-15(10-8-13)21-12-16(14-5-3-2-4-6-14)17(20-21)11-18(19)22/h2-10,12H,11H2,1H3. The normalized spacial score (nSPS) is 10.6. The first-order chi connectivity index (χ1) is 10.6. The Morgan fingerprint density at radius 3 is 2.41 bits per heavy atom. The Balaban J connectivity index is 2.08. The number of halogens is 1.